The van der Waals surface area contributed by atoms with Crippen molar-refractivity contribution in [3.63, 3.8) is 0 Å². The second-order valence-electron chi connectivity index (χ2n) is 5.37. The Balaban J connectivity index is 1.85. The number of rotatable bonds is 7. The van der Waals surface area contributed by atoms with E-state index in [1.807, 2.05) is 50.4 Å². The molecule has 5 heteroatoms. The first-order chi connectivity index (χ1) is 11.1. The quantitative estimate of drug-likeness (QED) is 0.782. The largest absolute Gasteiger partial charge is 0.487 e. The van der Waals surface area contributed by atoms with Crippen molar-refractivity contribution in [3.05, 3.63) is 52.0 Å². The van der Waals surface area contributed by atoms with Gasteiger partial charge in [-0.1, -0.05) is 19.1 Å². The fourth-order valence-electron chi connectivity index (χ4n) is 1.87. The summed E-state index contributed by atoms with van der Waals surface area (Å²) in [5.41, 5.74) is 1.90. The summed E-state index contributed by atoms with van der Waals surface area (Å²) in [4.78, 5) is 16.0. The van der Waals surface area contributed by atoms with Crippen molar-refractivity contribution < 1.29 is 9.53 Å². The molecule has 4 nitrogen and oxygen atoms in total. The Kier molecular flexibility index (Phi) is 6.35. The minimum atomic E-state index is -0.0708. The summed E-state index contributed by atoms with van der Waals surface area (Å²) < 4.78 is 5.69. The lowest BCUT2D eigenvalue weighted by Crippen LogP contribution is -2.30. The average Bonchev–Trinajstić information content (AvgIpc) is 2.97. The first-order valence-electron chi connectivity index (χ1n) is 7.69. The Morgan fingerprint density at radius 2 is 2.13 bits per heavy atom. The van der Waals surface area contributed by atoms with Gasteiger partial charge >= 0.3 is 0 Å². The second-order valence-corrected chi connectivity index (χ2v) is 6.43. The Morgan fingerprint density at radius 3 is 2.74 bits per heavy atom. The summed E-state index contributed by atoms with van der Waals surface area (Å²) in [5.74, 6) is 0.718. The molecule has 1 N–H and O–H groups in total. The maximum atomic E-state index is 11.7. The number of nitrogens with one attached hydrogen (secondary N) is 1. The number of nitrogens with zero attached hydrogens (tertiary/aromatic N) is 1. The molecule has 1 aromatic carbocycles. The van der Waals surface area contributed by atoms with Crippen molar-refractivity contribution in [2.75, 3.05) is 0 Å². The van der Waals surface area contributed by atoms with E-state index in [4.69, 9.17) is 4.74 Å². The van der Waals surface area contributed by atoms with E-state index in [-0.39, 0.29) is 11.9 Å². The summed E-state index contributed by atoms with van der Waals surface area (Å²) in [6.07, 6.45) is 4.27. The highest BCUT2D eigenvalue weighted by Gasteiger charge is 2.02. The number of carbonyl (C=O) groups excluding carboxylic acids is 1. The van der Waals surface area contributed by atoms with Crippen molar-refractivity contribution in [2.45, 2.75) is 39.8 Å². The molecule has 0 bridgehead atoms. The van der Waals surface area contributed by atoms with Gasteiger partial charge in [-0.25, -0.2) is 4.98 Å². The van der Waals surface area contributed by atoms with Crippen LogP contribution in [0.2, 0.25) is 0 Å². The minimum Gasteiger partial charge on any atom is -0.487 e. The van der Waals surface area contributed by atoms with Gasteiger partial charge in [0.25, 0.3) is 0 Å². The lowest BCUT2D eigenvalue weighted by Gasteiger charge is -2.08. The number of amides is 1. The normalized spacial score (nSPS) is 12.3. The molecular formula is C18H22N2O2S. The number of thiazole rings is 1. The van der Waals surface area contributed by atoms with Crippen LogP contribution < -0.4 is 10.1 Å². The Bertz CT molecular complexity index is 662. The van der Waals surface area contributed by atoms with Gasteiger partial charge in [-0.15, -0.1) is 11.3 Å². The molecule has 0 saturated carbocycles. The van der Waals surface area contributed by atoms with E-state index in [2.05, 4.69) is 10.3 Å². The molecule has 0 aliphatic carbocycles. The zero-order valence-electron chi connectivity index (χ0n) is 13.7. The van der Waals surface area contributed by atoms with E-state index in [1.54, 1.807) is 23.5 Å². The van der Waals surface area contributed by atoms with Crippen LogP contribution in [-0.4, -0.2) is 16.9 Å². The third kappa shape index (κ3) is 5.87. The molecule has 0 radical (unpaired) electrons. The summed E-state index contributed by atoms with van der Waals surface area (Å²) in [6, 6.07) is 7.83. The van der Waals surface area contributed by atoms with Crippen molar-refractivity contribution >= 4 is 23.3 Å². The first kappa shape index (κ1) is 17.2. The van der Waals surface area contributed by atoms with E-state index in [0.29, 0.717) is 6.61 Å². The number of aromatic nitrogens is 1. The van der Waals surface area contributed by atoms with E-state index in [1.165, 1.54) is 0 Å². The van der Waals surface area contributed by atoms with Crippen LogP contribution in [0.3, 0.4) is 0 Å². The average molecular weight is 330 g/mol. The molecule has 23 heavy (non-hydrogen) atoms. The number of benzene rings is 1. The van der Waals surface area contributed by atoms with E-state index >= 15 is 0 Å². The highest BCUT2D eigenvalue weighted by Crippen LogP contribution is 2.16. The molecular weight excluding hydrogens is 308 g/mol. The maximum Gasteiger partial charge on any atom is 0.244 e. The third-order valence-corrected chi connectivity index (χ3v) is 4.18. The molecule has 122 valence electrons. The van der Waals surface area contributed by atoms with Gasteiger partial charge in [0, 0.05) is 17.5 Å². The standard InChI is InChI=1S/C18H22N2O2S/c1-4-13(2)19-18(21)10-7-15-5-8-17(9-6-15)22-11-16-12-23-14(3)20-16/h5-10,12-13H,4,11H2,1-3H3,(H,19,21)/b10-7+. The van der Waals surface area contributed by atoms with Crippen LogP contribution in [0.4, 0.5) is 0 Å². The number of ether oxygens (including phenoxy) is 1. The van der Waals surface area contributed by atoms with Crippen molar-refractivity contribution in [3.8, 4) is 5.75 Å². The second kappa shape index (κ2) is 8.48. The number of hydrogen-bond donors (Lipinski definition) is 1. The third-order valence-electron chi connectivity index (χ3n) is 3.36. The van der Waals surface area contributed by atoms with Gasteiger partial charge in [-0.2, -0.15) is 0 Å². The van der Waals surface area contributed by atoms with E-state index in [0.717, 1.165) is 28.4 Å². The summed E-state index contributed by atoms with van der Waals surface area (Å²) in [6.45, 7) is 6.48. The van der Waals surface area contributed by atoms with Crippen molar-refractivity contribution in [1.29, 1.82) is 0 Å². The van der Waals surface area contributed by atoms with Crippen LogP contribution in [0.5, 0.6) is 5.75 Å². The predicted molar refractivity (Wildman–Crippen MR) is 94.6 cm³/mol. The van der Waals surface area contributed by atoms with Crippen molar-refractivity contribution in [2.24, 2.45) is 0 Å². The molecule has 0 aliphatic rings. The summed E-state index contributed by atoms with van der Waals surface area (Å²) in [7, 11) is 0. The van der Waals surface area contributed by atoms with Crippen LogP contribution in [-0.2, 0) is 11.4 Å². The minimum absolute atomic E-state index is 0.0708. The molecule has 0 saturated heterocycles. The Hall–Kier alpha value is -2.14. The van der Waals surface area contributed by atoms with Gasteiger partial charge < -0.3 is 10.1 Å². The molecule has 1 heterocycles. The predicted octanol–water partition coefficient (Wildman–Crippen LogP) is 3.96. The van der Waals surface area contributed by atoms with Crippen LogP contribution >= 0.6 is 11.3 Å². The monoisotopic (exact) mass is 330 g/mol. The summed E-state index contributed by atoms with van der Waals surface area (Å²) >= 11 is 1.62. The number of carbonyl (C=O) groups is 1. The molecule has 2 aromatic rings. The molecule has 1 unspecified atom stereocenters. The molecule has 0 spiro atoms. The highest BCUT2D eigenvalue weighted by molar-refractivity contribution is 7.09. The fraction of sp³-hybridized carbons (Fsp3) is 0.333. The lowest BCUT2D eigenvalue weighted by atomic mass is 10.2. The van der Waals surface area contributed by atoms with E-state index in [9.17, 15) is 4.79 Å². The molecule has 1 aromatic heterocycles. The molecule has 0 fully saturated rings. The van der Waals surface area contributed by atoms with Gasteiger partial charge in [-0.3, -0.25) is 4.79 Å². The van der Waals surface area contributed by atoms with Gasteiger partial charge in [0.1, 0.15) is 12.4 Å². The Labute approximate surface area is 141 Å². The molecule has 1 amide bonds. The zero-order chi connectivity index (χ0) is 16.7. The van der Waals surface area contributed by atoms with Crippen molar-refractivity contribution in [1.82, 2.24) is 10.3 Å². The number of hydrogen-bond acceptors (Lipinski definition) is 4. The van der Waals surface area contributed by atoms with E-state index < -0.39 is 0 Å². The zero-order valence-corrected chi connectivity index (χ0v) is 14.5. The van der Waals surface area contributed by atoms with Gasteiger partial charge in [0.2, 0.25) is 5.91 Å². The SMILES string of the molecule is CCC(C)NC(=O)/C=C/c1ccc(OCc2csc(C)n2)cc1. The first-order valence-corrected chi connectivity index (χ1v) is 8.57. The fourth-order valence-corrected chi connectivity index (χ4v) is 2.47. The number of aryl methyl sites for hydroxylation is 1. The maximum absolute atomic E-state index is 11.7. The summed E-state index contributed by atoms with van der Waals surface area (Å²) in [5, 5.41) is 5.94. The molecule has 0 aliphatic heterocycles. The Morgan fingerprint density at radius 1 is 1.39 bits per heavy atom. The van der Waals surface area contributed by atoms with Crippen LogP contribution in [0.15, 0.2) is 35.7 Å². The molecule has 2 rings (SSSR count). The van der Waals surface area contributed by atoms with Gasteiger partial charge in [-0.05, 0) is 44.0 Å². The topological polar surface area (TPSA) is 51.2 Å². The van der Waals surface area contributed by atoms with Crippen LogP contribution in [0, 0.1) is 6.92 Å². The van der Waals surface area contributed by atoms with Gasteiger partial charge in [0.05, 0.1) is 10.7 Å². The van der Waals surface area contributed by atoms with Crippen LogP contribution in [0.1, 0.15) is 36.5 Å². The smallest absolute Gasteiger partial charge is 0.244 e. The van der Waals surface area contributed by atoms with Crippen LogP contribution in [0.25, 0.3) is 6.08 Å². The molecule has 1 atom stereocenters. The van der Waals surface area contributed by atoms with Gasteiger partial charge in [0.15, 0.2) is 0 Å². The highest BCUT2D eigenvalue weighted by atomic mass is 32.1. The lowest BCUT2D eigenvalue weighted by molar-refractivity contribution is -0.117.